The van der Waals surface area contributed by atoms with Gasteiger partial charge in [-0.15, -0.1) is 0 Å². The Morgan fingerprint density at radius 1 is 0.963 bits per heavy atom. The maximum Gasteiger partial charge on any atom is 0.359 e. The molecule has 0 atom stereocenters. The Hall–Kier alpha value is -3.67. The standard InChI is InChI=1S/C21H16N2O4/c1-26-20(24)17-19(21(25)27-2)23-12-15(13-8-4-3-5-9-13)14-10-6-7-11-16(22-17)18(14)23/h3-12H,1-2H3. The first kappa shape index (κ1) is 16.8. The first-order chi connectivity index (χ1) is 13.2. The van der Waals surface area contributed by atoms with Gasteiger partial charge in [0, 0.05) is 17.3 Å². The molecular weight excluding hydrogens is 344 g/mol. The fourth-order valence-electron chi connectivity index (χ4n) is 3.26. The zero-order chi connectivity index (χ0) is 19.0. The number of benzene rings is 1. The molecule has 0 spiro atoms. The molecule has 0 aliphatic heterocycles. The highest BCUT2D eigenvalue weighted by molar-refractivity contribution is 6.03. The summed E-state index contributed by atoms with van der Waals surface area (Å²) in [4.78, 5) is 29.2. The number of carbonyl (C=O) groups excluding carboxylic acids is 2. The number of methoxy groups -OCH3 is 2. The topological polar surface area (TPSA) is 69.9 Å². The summed E-state index contributed by atoms with van der Waals surface area (Å²) in [5, 5.41) is 0. The van der Waals surface area contributed by atoms with Gasteiger partial charge in [0.05, 0.1) is 25.4 Å². The van der Waals surface area contributed by atoms with Crippen LogP contribution in [0.4, 0.5) is 0 Å². The molecule has 0 saturated heterocycles. The second kappa shape index (κ2) is 6.57. The van der Waals surface area contributed by atoms with E-state index in [1.807, 2.05) is 54.8 Å². The van der Waals surface area contributed by atoms with E-state index in [0.29, 0.717) is 5.69 Å². The molecule has 0 amide bonds. The van der Waals surface area contributed by atoms with Crippen LogP contribution < -0.4 is 0 Å². The lowest BCUT2D eigenvalue weighted by atomic mass is 10.0. The van der Waals surface area contributed by atoms with E-state index in [1.54, 1.807) is 10.5 Å². The van der Waals surface area contributed by atoms with E-state index >= 15 is 0 Å². The van der Waals surface area contributed by atoms with Gasteiger partial charge in [0.1, 0.15) is 0 Å². The molecular formula is C21H16N2O4. The largest absolute Gasteiger partial charge is 0.464 e. The predicted octanol–water partition coefficient (Wildman–Crippen LogP) is 3.61. The Labute approximate surface area is 155 Å². The van der Waals surface area contributed by atoms with Crippen LogP contribution in [0.2, 0.25) is 0 Å². The highest BCUT2D eigenvalue weighted by Gasteiger charge is 2.28. The number of rotatable bonds is 3. The van der Waals surface area contributed by atoms with Crippen molar-refractivity contribution < 1.29 is 19.1 Å². The summed E-state index contributed by atoms with van der Waals surface area (Å²) >= 11 is 0. The molecule has 6 nitrogen and oxygen atoms in total. The SMILES string of the molecule is COC(=O)c1nc2c3c(c(-c4ccccc4)cn3c1C(=O)OC)C=CC=C2. The van der Waals surface area contributed by atoms with E-state index < -0.39 is 11.9 Å². The summed E-state index contributed by atoms with van der Waals surface area (Å²) in [7, 11) is 2.52. The monoisotopic (exact) mass is 360 g/mol. The molecule has 0 radical (unpaired) electrons. The van der Waals surface area contributed by atoms with Crippen LogP contribution in [-0.2, 0) is 9.47 Å². The number of ether oxygens (including phenoxy) is 2. The van der Waals surface area contributed by atoms with Crippen molar-refractivity contribution in [3.8, 4) is 11.1 Å². The van der Waals surface area contributed by atoms with Gasteiger partial charge in [-0.1, -0.05) is 48.6 Å². The second-order valence-corrected chi connectivity index (χ2v) is 5.94. The molecule has 0 fully saturated rings. The summed E-state index contributed by atoms with van der Waals surface area (Å²) in [5.41, 5.74) is 4.08. The van der Waals surface area contributed by atoms with Crippen LogP contribution in [-0.4, -0.2) is 35.5 Å². The fourth-order valence-corrected chi connectivity index (χ4v) is 3.26. The summed E-state index contributed by atoms with van der Waals surface area (Å²) in [6.07, 6.45) is 9.33. The Balaban J connectivity index is 2.15. The molecule has 3 aromatic rings. The average molecular weight is 360 g/mol. The van der Waals surface area contributed by atoms with Gasteiger partial charge in [0.2, 0.25) is 0 Å². The number of allylic oxidation sites excluding steroid dienone is 2. The highest BCUT2D eigenvalue weighted by atomic mass is 16.5. The minimum atomic E-state index is -0.698. The lowest BCUT2D eigenvalue weighted by molar-refractivity contribution is 0.0543. The van der Waals surface area contributed by atoms with Crippen LogP contribution in [0, 0.1) is 0 Å². The quantitative estimate of drug-likeness (QED) is 0.667. The summed E-state index contributed by atoms with van der Waals surface area (Å²) in [6, 6.07) is 9.82. The number of esters is 2. The Morgan fingerprint density at radius 3 is 2.37 bits per heavy atom. The van der Waals surface area contributed by atoms with E-state index in [1.165, 1.54) is 14.2 Å². The lowest BCUT2D eigenvalue weighted by Crippen LogP contribution is -2.19. The molecule has 0 unspecified atom stereocenters. The minimum Gasteiger partial charge on any atom is -0.464 e. The first-order valence-corrected chi connectivity index (χ1v) is 8.31. The number of carbonyl (C=O) groups is 2. The van der Waals surface area contributed by atoms with Gasteiger partial charge in [-0.2, -0.15) is 0 Å². The van der Waals surface area contributed by atoms with Crippen LogP contribution >= 0.6 is 0 Å². The summed E-state index contributed by atoms with van der Waals surface area (Å²) in [5.74, 6) is -1.36. The average Bonchev–Trinajstić information content (AvgIpc) is 2.96. The predicted molar refractivity (Wildman–Crippen MR) is 101 cm³/mol. The molecule has 2 heterocycles. The normalized spacial score (nSPS) is 12.1. The number of aromatic nitrogens is 2. The maximum atomic E-state index is 12.5. The molecule has 0 saturated carbocycles. The molecule has 27 heavy (non-hydrogen) atoms. The molecule has 0 N–H and O–H groups in total. The fraction of sp³-hybridized carbons (Fsp3) is 0.0952. The van der Waals surface area contributed by atoms with Crippen molar-refractivity contribution in [3.05, 3.63) is 71.3 Å². The third-order valence-corrected chi connectivity index (χ3v) is 4.45. The van der Waals surface area contributed by atoms with Crippen LogP contribution in [0.1, 0.15) is 32.2 Å². The third-order valence-electron chi connectivity index (χ3n) is 4.45. The first-order valence-electron chi connectivity index (χ1n) is 8.31. The molecule has 1 aliphatic carbocycles. The van der Waals surface area contributed by atoms with Crippen molar-refractivity contribution in [2.45, 2.75) is 0 Å². The summed E-state index contributed by atoms with van der Waals surface area (Å²) < 4.78 is 11.4. The highest BCUT2D eigenvalue weighted by Crippen LogP contribution is 2.34. The van der Waals surface area contributed by atoms with Crippen LogP contribution in [0.5, 0.6) is 0 Å². The Bertz CT molecular complexity index is 1120. The molecule has 6 heteroatoms. The van der Waals surface area contributed by atoms with Crippen molar-refractivity contribution in [2.75, 3.05) is 14.2 Å². The van der Waals surface area contributed by atoms with Crippen molar-refractivity contribution in [1.29, 1.82) is 0 Å². The number of hydrogen-bond acceptors (Lipinski definition) is 5. The smallest absolute Gasteiger partial charge is 0.359 e. The maximum absolute atomic E-state index is 12.5. The van der Waals surface area contributed by atoms with Gasteiger partial charge in [0.25, 0.3) is 0 Å². The van der Waals surface area contributed by atoms with Gasteiger partial charge >= 0.3 is 11.9 Å². The van der Waals surface area contributed by atoms with Gasteiger partial charge < -0.3 is 13.9 Å². The molecule has 134 valence electrons. The van der Waals surface area contributed by atoms with Crippen LogP contribution in [0.3, 0.4) is 0 Å². The van der Waals surface area contributed by atoms with Crippen molar-refractivity contribution >= 4 is 29.6 Å². The van der Waals surface area contributed by atoms with Crippen LogP contribution in [0.15, 0.2) is 48.7 Å². The molecule has 1 aliphatic rings. The number of nitrogens with zero attached hydrogens (tertiary/aromatic N) is 2. The molecule has 2 aromatic heterocycles. The minimum absolute atomic E-state index is 0.0373. The number of hydrogen-bond donors (Lipinski definition) is 0. The van der Waals surface area contributed by atoms with Gasteiger partial charge in [-0.3, -0.25) is 0 Å². The molecule has 4 rings (SSSR count). The molecule has 0 bridgehead atoms. The van der Waals surface area contributed by atoms with Crippen molar-refractivity contribution in [1.82, 2.24) is 9.38 Å². The summed E-state index contributed by atoms with van der Waals surface area (Å²) in [6.45, 7) is 0. The zero-order valence-electron chi connectivity index (χ0n) is 14.8. The van der Waals surface area contributed by atoms with Crippen LogP contribution in [0.25, 0.3) is 28.8 Å². The Morgan fingerprint density at radius 2 is 1.67 bits per heavy atom. The van der Waals surface area contributed by atoms with E-state index in [9.17, 15) is 9.59 Å². The van der Waals surface area contributed by atoms with Crippen molar-refractivity contribution in [2.24, 2.45) is 0 Å². The van der Waals surface area contributed by atoms with Gasteiger partial charge in [-0.25, -0.2) is 14.6 Å². The lowest BCUT2D eigenvalue weighted by Gasteiger charge is -2.11. The third kappa shape index (κ3) is 2.62. The molecule has 1 aromatic carbocycles. The van der Waals surface area contributed by atoms with Gasteiger partial charge in [0.15, 0.2) is 11.4 Å². The van der Waals surface area contributed by atoms with Gasteiger partial charge in [-0.05, 0) is 11.6 Å². The van der Waals surface area contributed by atoms with E-state index in [4.69, 9.17) is 9.47 Å². The van der Waals surface area contributed by atoms with E-state index in [-0.39, 0.29) is 11.4 Å². The van der Waals surface area contributed by atoms with Crippen molar-refractivity contribution in [3.63, 3.8) is 0 Å². The zero-order valence-corrected chi connectivity index (χ0v) is 14.8. The second-order valence-electron chi connectivity index (χ2n) is 5.94. The van der Waals surface area contributed by atoms with E-state index in [0.717, 1.165) is 22.2 Å². The Kier molecular flexibility index (Phi) is 4.08. The van der Waals surface area contributed by atoms with E-state index in [2.05, 4.69) is 4.98 Å².